The van der Waals surface area contributed by atoms with Gasteiger partial charge in [0.25, 0.3) is 0 Å². The number of piperazine rings is 1. The van der Waals surface area contributed by atoms with E-state index in [1.165, 1.54) is 6.07 Å². The molecule has 3 N–H and O–H groups in total. The number of carbonyl (C=O) groups is 1. The van der Waals surface area contributed by atoms with Crippen molar-refractivity contribution in [1.29, 1.82) is 0 Å². The van der Waals surface area contributed by atoms with E-state index in [-0.39, 0.29) is 23.4 Å². The lowest BCUT2D eigenvalue weighted by atomic mass is 9.88. The Kier molecular flexibility index (Phi) is 10.6. The summed E-state index contributed by atoms with van der Waals surface area (Å²) >= 11 is 6.34. The normalized spacial score (nSPS) is 17.6. The molecule has 5 rings (SSSR count). The largest absolute Gasteiger partial charge is 0.508 e. The Morgan fingerprint density at radius 1 is 1.02 bits per heavy atom. The average Bonchev–Trinajstić information content (AvgIpc) is 3.02. The highest BCUT2D eigenvalue weighted by Crippen LogP contribution is 2.30. The quantitative estimate of drug-likeness (QED) is 0.330. The van der Waals surface area contributed by atoms with Crippen LogP contribution in [0.25, 0.3) is 11.1 Å². The first-order valence-electron chi connectivity index (χ1n) is 15.3. The van der Waals surface area contributed by atoms with E-state index in [4.69, 9.17) is 22.1 Å². The zero-order valence-electron chi connectivity index (χ0n) is 24.9. The molecule has 0 bridgehead atoms. The van der Waals surface area contributed by atoms with Crippen molar-refractivity contribution in [2.45, 2.75) is 38.8 Å². The minimum atomic E-state index is -0.505. The number of halogens is 2. The number of piperidine rings is 1. The molecule has 2 heterocycles. The van der Waals surface area contributed by atoms with Crippen LogP contribution in [-0.2, 0) is 17.8 Å². The molecule has 2 aliphatic heterocycles. The van der Waals surface area contributed by atoms with E-state index in [9.17, 15) is 14.3 Å². The molecule has 7 nitrogen and oxygen atoms in total. The molecule has 3 aromatic rings. The van der Waals surface area contributed by atoms with Gasteiger partial charge in [-0.15, -0.1) is 0 Å². The van der Waals surface area contributed by atoms with Crippen LogP contribution in [0.2, 0.25) is 5.02 Å². The Balaban J connectivity index is 1.09. The second-order valence-corrected chi connectivity index (χ2v) is 12.0. The van der Waals surface area contributed by atoms with Gasteiger partial charge in [0.2, 0.25) is 5.91 Å². The SMILES string of the molecule is CCOc1cccc(F)c1CN1CCN(C(=O)C(N)C2CCN(CCc3cc(Cl)ccc3-c3cccc(O)c3)CC2)CC1. The molecule has 230 valence electrons. The minimum absolute atomic E-state index is 0.0219. The maximum Gasteiger partial charge on any atom is 0.239 e. The van der Waals surface area contributed by atoms with Crippen LogP contribution in [0.1, 0.15) is 30.9 Å². The summed E-state index contributed by atoms with van der Waals surface area (Å²) in [5, 5.41) is 10.7. The number of ether oxygens (including phenoxy) is 1. The van der Waals surface area contributed by atoms with Crippen molar-refractivity contribution in [2.75, 3.05) is 52.4 Å². The predicted octanol–water partition coefficient (Wildman–Crippen LogP) is 5.18. The second-order valence-electron chi connectivity index (χ2n) is 11.6. The van der Waals surface area contributed by atoms with E-state index in [0.29, 0.717) is 55.7 Å². The number of nitrogens with zero attached hydrogens (tertiary/aromatic N) is 3. The van der Waals surface area contributed by atoms with Crippen molar-refractivity contribution in [3.05, 3.63) is 82.6 Å². The monoisotopic (exact) mass is 608 g/mol. The Morgan fingerprint density at radius 2 is 1.77 bits per heavy atom. The van der Waals surface area contributed by atoms with Gasteiger partial charge in [-0.1, -0.05) is 35.9 Å². The Bertz CT molecular complexity index is 1390. The number of amides is 1. The van der Waals surface area contributed by atoms with Gasteiger partial charge in [-0.2, -0.15) is 0 Å². The van der Waals surface area contributed by atoms with Gasteiger partial charge >= 0.3 is 0 Å². The number of aromatic hydroxyl groups is 1. The molecule has 0 radical (unpaired) electrons. The van der Waals surface area contributed by atoms with Crippen molar-refractivity contribution < 1.29 is 19.0 Å². The van der Waals surface area contributed by atoms with Gasteiger partial charge < -0.3 is 25.4 Å². The third-order valence-corrected chi connectivity index (χ3v) is 9.02. The van der Waals surface area contributed by atoms with Crippen molar-refractivity contribution in [1.82, 2.24) is 14.7 Å². The zero-order chi connectivity index (χ0) is 30.3. The smallest absolute Gasteiger partial charge is 0.239 e. The van der Waals surface area contributed by atoms with Gasteiger partial charge in [-0.3, -0.25) is 9.69 Å². The number of benzene rings is 3. The van der Waals surface area contributed by atoms with Gasteiger partial charge in [0.1, 0.15) is 17.3 Å². The molecule has 2 aliphatic rings. The summed E-state index contributed by atoms with van der Waals surface area (Å²) in [4.78, 5) is 19.8. The number of phenols is 1. The number of likely N-dealkylation sites (tertiary alicyclic amines) is 1. The van der Waals surface area contributed by atoms with E-state index in [1.807, 2.05) is 42.2 Å². The fourth-order valence-corrected chi connectivity index (χ4v) is 6.48. The number of phenolic OH excluding ortho intramolecular Hbond substituents is 1. The molecule has 3 aromatic carbocycles. The molecule has 1 atom stereocenters. The summed E-state index contributed by atoms with van der Waals surface area (Å²) in [6.07, 6.45) is 2.61. The Hall–Kier alpha value is -3.17. The fraction of sp³-hybridized carbons (Fsp3) is 0.441. The lowest BCUT2D eigenvalue weighted by molar-refractivity contribution is -0.136. The van der Waals surface area contributed by atoms with Crippen LogP contribution in [-0.4, -0.2) is 84.2 Å². The topological polar surface area (TPSA) is 82.3 Å². The van der Waals surface area contributed by atoms with Gasteiger partial charge in [-0.05, 0) is 98.3 Å². The summed E-state index contributed by atoms with van der Waals surface area (Å²) in [6.45, 7) is 8.03. The summed E-state index contributed by atoms with van der Waals surface area (Å²) in [7, 11) is 0. The van der Waals surface area contributed by atoms with Gasteiger partial charge in [0.05, 0.1) is 12.6 Å². The number of hydrogen-bond donors (Lipinski definition) is 2. The highest BCUT2D eigenvalue weighted by molar-refractivity contribution is 6.30. The first kappa shape index (κ1) is 31.3. The third kappa shape index (κ3) is 7.87. The highest BCUT2D eigenvalue weighted by atomic mass is 35.5. The zero-order valence-corrected chi connectivity index (χ0v) is 25.6. The Morgan fingerprint density at radius 3 is 2.49 bits per heavy atom. The average molecular weight is 609 g/mol. The summed E-state index contributed by atoms with van der Waals surface area (Å²) in [5.41, 5.74) is 10.3. The van der Waals surface area contributed by atoms with Crippen molar-refractivity contribution >= 4 is 17.5 Å². The maximum absolute atomic E-state index is 14.5. The molecular formula is C34H42ClFN4O3. The molecule has 0 aromatic heterocycles. The molecule has 0 aliphatic carbocycles. The predicted molar refractivity (Wildman–Crippen MR) is 169 cm³/mol. The van der Waals surface area contributed by atoms with Crippen molar-refractivity contribution in [2.24, 2.45) is 11.7 Å². The summed E-state index contributed by atoms with van der Waals surface area (Å²) < 4.78 is 20.1. The second kappa shape index (κ2) is 14.5. The minimum Gasteiger partial charge on any atom is -0.508 e. The molecule has 1 amide bonds. The van der Waals surface area contributed by atoms with Crippen molar-refractivity contribution in [3.8, 4) is 22.6 Å². The van der Waals surface area contributed by atoms with Gasteiger partial charge in [0, 0.05) is 49.9 Å². The van der Waals surface area contributed by atoms with Crippen LogP contribution in [0, 0.1) is 11.7 Å². The van der Waals surface area contributed by atoms with Crippen LogP contribution < -0.4 is 10.5 Å². The van der Waals surface area contributed by atoms with Crippen LogP contribution in [0.3, 0.4) is 0 Å². The standard InChI is InChI=1S/C34H42ClFN4O3/c1-2-43-32-8-4-7-31(36)30(32)23-39-17-19-40(20-18-39)34(42)33(37)24-11-14-38(15-12-24)16-13-26-21-27(35)9-10-29(26)25-5-3-6-28(41)22-25/h3-10,21-22,24,33,41H,2,11-20,23,37H2,1H3. The number of rotatable bonds is 10. The maximum atomic E-state index is 14.5. The molecule has 9 heteroatoms. The number of hydrogen-bond acceptors (Lipinski definition) is 6. The molecule has 1 unspecified atom stereocenters. The van der Waals surface area contributed by atoms with E-state index < -0.39 is 6.04 Å². The first-order chi connectivity index (χ1) is 20.8. The van der Waals surface area contributed by atoms with Gasteiger partial charge in [-0.25, -0.2) is 4.39 Å². The number of carbonyl (C=O) groups excluding carboxylic acids is 1. The van der Waals surface area contributed by atoms with Crippen LogP contribution >= 0.6 is 11.6 Å². The van der Waals surface area contributed by atoms with Crippen molar-refractivity contribution in [3.63, 3.8) is 0 Å². The summed E-state index contributed by atoms with van der Waals surface area (Å²) in [6, 6.07) is 17.6. The molecule has 0 spiro atoms. The van der Waals surface area contributed by atoms with Gasteiger partial charge in [0.15, 0.2) is 0 Å². The third-order valence-electron chi connectivity index (χ3n) is 8.79. The molecule has 2 fully saturated rings. The van der Waals surface area contributed by atoms with Crippen LogP contribution in [0.5, 0.6) is 11.5 Å². The highest BCUT2D eigenvalue weighted by Gasteiger charge is 2.33. The van der Waals surface area contributed by atoms with E-state index in [1.54, 1.807) is 24.3 Å². The molecule has 0 saturated carbocycles. The van der Waals surface area contributed by atoms with Crippen LogP contribution in [0.15, 0.2) is 60.7 Å². The molecular weight excluding hydrogens is 567 g/mol. The summed E-state index contributed by atoms with van der Waals surface area (Å²) in [5.74, 6) is 0.740. The Labute approximate surface area is 259 Å². The van der Waals surface area contributed by atoms with E-state index >= 15 is 0 Å². The lowest BCUT2D eigenvalue weighted by Crippen LogP contribution is -2.55. The van der Waals surface area contributed by atoms with Crippen LogP contribution in [0.4, 0.5) is 4.39 Å². The van der Waals surface area contributed by atoms with E-state index in [0.717, 1.165) is 55.6 Å². The fourth-order valence-electron chi connectivity index (χ4n) is 6.28. The van der Waals surface area contributed by atoms with E-state index in [2.05, 4.69) is 9.80 Å². The first-order valence-corrected chi connectivity index (χ1v) is 15.7. The lowest BCUT2D eigenvalue weighted by Gasteiger charge is -2.39. The number of nitrogens with two attached hydrogens (primary N) is 1. The molecule has 2 saturated heterocycles. The molecule has 43 heavy (non-hydrogen) atoms.